The summed E-state index contributed by atoms with van der Waals surface area (Å²) < 4.78 is 7.44. The van der Waals surface area contributed by atoms with Gasteiger partial charge < -0.3 is 9.64 Å². The van der Waals surface area contributed by atoms with Crippen LogP contribution in [0.25, 0.3) is 0 Å². The summed E-state index contributed by atoms with van der Waals surface area (Å²) in [6.07, 6.45) is 5.55. The minimum Gasteiger partial charge on any atom is -0.379 e. The normalized spacial score (nSPS) is 23.6. The minimum absolute atomic E-state index is 0.283. The van der Waals surface area contributed by atoms with Crippen molar-refractivity contribution in [1.29, 1.82) is 0 Å². The fourth-order valence-corrected chi connectivity index (χ4v) is 5.13. The Morgan fingerprint density at radius 3 is 2.53 bits per heavy atom. The number of aryl methyl sites for hydroxylation is 2. The molecule has 168 valence electrons. The third kappa shape index (κ3) is 4.89. The van der Waals surface area contributed by atoms with Crippen molar-refractivity contribution in [3.05, 3.63) is 17.0 Å². The van der Waals surface area contributed by atoms with Gasteiger partial charge in [0.1, 0.15) is 0 Å². The monoisotopic (exact) mass is 417 g/mol. The summed E-state index contributed by atoms with van der Waals surface area (Å²) in [5, 5.41) is 4.57. The van der Waals surface area contributed by atoms with Crippen molar-refractivity contribution in [3.63, 3.8) is 0 Å². The zero-order valence-electron chi connectivity index (χ0n) is 19.1. The smallest absolute Gasteiger partial charge is 0.225 e. The summed E-state index contributed by atoms with van der Waals surface area (Å²) in [5.41, 5.74) is 3.73. The van der Waals surface area contributed by atoms with Crippen molar-refractivity contribution in [2.45, 2.75) is 58.5 Å². The molecule has 7 heteroatoms. The lowest BCUT2D eigenvalue weighted by atomic mass is 9.84. The van der Waals surface area contributed by atoms with E-state index in [1.54, 1.807) is 0 Å². The van der Waals surface area contributed by atoms with E-state index in [4.69, 9.17) is 4.74 Å². The second-order valence-corrected chi connectivity index (χ2v) is 9.42. The fourth-order valence-electron chi connectivity index (χ4n) is 5.13. The number of nitrogens with zero attached hydrogens (tertiary/aromatic N) is 5. The molecule has 1 unspecified atom stereocenters. The molecule has 2 saturated heterocycles. The van der Waals surface area contributed by atoms with Crippen LogP contribution in [0.4, 0.5) is 0 Å². The van der Waals surface area contributed by atoms with Crippen LogP contribution in [-0.2, 0) is 23.1 Å². The molecule has 1 aromatic rings. The minimum atomic E-state index is 0.283. The van der Waals surface area contributed by atoms with Crippen LogP contribution in [0, 0.1) is 19.8 Å². The molecule has 3 heterocycles. The van der Waals surface area contributed by atoms with Gasteiger partial charge in [0.15, 0.2) is 0 Å². The highest BCUT2D eigenvalue weighted by atomic mass is 16.5. The summed E-state index contributed by atoms with van der Waals surface area (Å²) in [7, 11) is 2.02. The van der Waals surface area contributed by atoms with Crippen molar-refractivity contribution in [3.8, 4) is 0 Å². The van der Waals surface area contributed by atoms with Crippen LogP contribution >= 0.6 is 0 Å². The van der Waals surface area contributed by atoms with Crippen molar-refractivity contribution in [1.82, 2.24) is 24.5 Å². The van der Waals surface area contributed by atoms with Gasteiger partial charge in [0, 0.05) is 76.1 Å². The molecule has 0 radical (unpaired) electrons. The molecule has 1 amide bonds. The zero-order valence-corrected chi connectivity index (χ0v) is 19.1. The first-order valence-corrected chi connectivity index (χ1v) is 11.8. The van der Waals surface area contributed by atoms with E-state index < -0.39 is 0 Å². The second-order valence-electron chi connectivity index (χ2n) is 9.42. The predicted molar refractivity (Wildman–Crippen MR) is 117 cm³/mol. The SMILES string of the molecule is Cc1nn(C)c(C)c1CN1CCC(N(CCCN2CCOCC2)C(=O)C2CCC2)C1. The molecule has 3 aliphatic rings. The van der Waals surface area contributed by atoms with Crippen LogP contribution in [0.3, 0.4) is 0 Å². The number of hydrogen-bond acceptors (Lipinski definition) is 5. The zero-order chi connectivity index (χ0) is 21.1. The van der Waals surface area contributed by atoms with Crippen LogP contribution in [0.5, 0.6) is 0 Å². The van der Waals surface area contributed by atoms with E-state index in [2.05, 4.69) is 33.6 Å². The Balaban J connectivity index is 1.34. The maximum absolute atomic E-state index is 13.2. The van der Waals surface area contributed by atoms with E-state index in [0.717, 1.165) is 90.4 Å². The maximum atomic E-state index is 13.2. The van der Waals surface area contributed by atoms with Gasteiger partial charge >= 0.3 is 0 Å². The van der Waals surface area contributed by atoms with Gasteiger partial charge in [-0.1, -0.05) is 6.42 Å². The molecule has 2 aliphatic heterocycles. The molecule has 0 N–H and O–H groups in total. The lowest BCUT2D eigenvalue weighted by Gasteiger charge is -2.36. The van der Waals surface area contributed by atoms with Gasteiger partial charge in [0.2, 0.25) is 5.91 Å². The Morgan fingerprint density at radius 1 is 1.13 bits per heavy atom. The lowest BCUT2D eigenvalue weighted by Crippen LogP contribution is -2.47. The number of carbonyl (C=O) groups excluding carboxylic acids is 1. The number of hydrogen-bond donors (Lipinski definition) is 0. The third-order valence-corrected chi connectivity index (χ3v) is 7.44. The van der Waals surface area contributed by atoms with Crippen LogP contribution < -0.4 is 0 Å². The number of aromatic nitrogens is 2. The van der Waals surface area contributed by atoms with Crippen LogP contribution in [0.15, 0.2) is 0 Å². The maximum Gasteiger partial charge on any atom is 0.225 e. The Bertz CT molecular complexity index is 723. The number of ether oxygens (including phenoxy) is 1. The van der Waals surface area contributed by atoms with Gasteiger partial charge in [-0.15, -0.1) is 0 Å². The van der Waals surface area contributed by atoms with Crippen LogP contribution in [-0.4, -0.2) is 88.9 Å². The molecule has 1 aliphatic carbocycles. The van der Waals surface area contributed by atoms with Crippen molar-refractivity contribution >= 4 is 5.91 Å². The summed E-state index contributed by atoms with van der Waals surface area (Å²) in [6.45, 7) is 13.0. The summed E-state index contributed by atoms with van der Waals surface area (Å²) >= 11 is 0. The average molecular weight is 418 g/mol. The molecule has 3 fully saturated rings. The standard InChI is InChI=1S/C23H39N5O2/c1-18-22(19(2)25(3)24-18)17-27-11-8-21(16-27)28(23(29)20-6-4-7-20)10-5-9-26-12-14-30-15-13-26/h20-21H,4-17H2,1-3H3. The topological polar surface area (TPSA) is 53.8 Å². The average Bonchev–Trinajstić information content (AvgIpc) is 3.25. The first-order chi connectivity index (χ1) is 14.5. The quantitative estimate of drug-likeness (QED) is 0.647. The van der Waals surface area contributed by atoms with Gasteiger partial charge in [-0.3, -0.25) is 19.3 Å². The molecular formula is C23H39N5O2. The predicted octanol–water partition coefficient (Wildman–Crippen LogP) is 1.96. The van der Waals surface area contributed by atoms with E-state index >= 15 is 0 Å². The molecule has 4 rings (SSSR count). The number of likely N-dealkylation sites (tertiary alicyclic amines) is 1. The van der Waals surface area contributed by atoms with E-state index in [0.29, 0.717) is 11.9 Å². The summed E-state index contributed by atoms with van der Waals surface area (Å²) in [5.74, 6) is 0.703. The molecule has 30 heavy (non-hydrogen) atoms. The number of amides is 1. The number of rotatable bonds is 8. The largest absolute Gasteiger partial charge is 0.379 e. The first-order valence-electron chi connectivity index (χ1n) is 11.8. The van der Waals surface area contributed by atoms with Crippen LogP contribution in [0.2, 0.25) is 0 Å². The molecule has 1 atom stereocenters. The molecule has 0 aromatic carbocycles. The summed E-state index contributed by atoms with van der Waals surface area (Å²) in [6, 6.07) is 0.361. The van der Waals surface area contributed by atoms with Gasteiger partial charge in [-0.2, -0.15) is 5.10 Å². The van der Waals surface area contributed by atoms with Gasteiger partial charge in [0.25, 0.3) is 0 Å². The van der Waals surface area contributed by atoms with Crippen molar-refractivity contribution < 1.29 is 9.53 Å². The van der Waals surface area contributed by atoms with Gasteiger partial charge in [-0.25, -0.2) is 0 Å². The summed E-state index contributed by atoms with van der Waals surface area (Å²) in [4.78, 5) is 20.5. The van der Waals surface area contributed by atoms with E-state index in [1.807, 2.05) is 11.7 Å². The van der Waals surface area contributed by atoms with Crippen molar-refractivity contribution in [2.75, 3.05) is 52.5 Å². The molecule has 1 saturated carbocycles. The Labute approximate surface area is 181 Å². The van der Waals surface area contributed by atoms with E-state index in [-0.39, 0.29) is 5.92 Å². The van der Waals surface area contributed by atoms with E-state index in [1.165, 1.54) is 17.7 Å². The first kappa shape index (κ1) is 21.8. The highest BCUT2D eigenvalue weighted by Gasteiger charge is 2.36. The number of morpholine rings is 1. The third-order valence-electron chi connectivity index (χ3n) is 7.44. The Hall–Kier alpha value is -1.44. The molecule has 1 aromatic heterocycles. The fraction of sp³-hybridized carbons (Fsp3) is 0.826. The second kappa shape index (κ2) is 9.79. The van der Waals surface area contributed by atoms with Gasteiger partial charge in [-0.05, 0) is 39.5 Å². The van der Waals surface area contributed by atoms with E-state index in [9.17, 15) is 4.79 Å². The molecule has 7 nitrogen and oxygen atoms in total. The lowest BCUT2D eigenvalue weighted by molar-refractivity contribution is -0.140. The molecule has 0 bridgehead atoms. The highest BCUT2D eigenvalue weighted by Crippen LogP contribution is 2.31. The Morgan fingerprint density at radius 2 is 1.90 bits per heavy atom. The number of carbonyl (C=O) groups is 1. The van der Waals surface area contributed by atoms with Crippen molar-refractivity contribution in [2.24, 2.45) is 13.0 Å². The molecule has 0 spiro atoms. The highest BCUT2D eigenvalue weighted by molar-refractivity contribution is 5.80. The van der Waals surface area contributed by atoms with Crippen LogP contribution in [0.1, 0.15) is 49.1 Å². The molecular weight excluding hydrogens is 378 g/mol. The van der Waals surface area contributed by atoms with Gasteiger partial charge in [0.05, 0.1) is 18.9 Å². The Kier molecular flexibility index (Phi) is 7.11.